The van der Waals surface area contributed by atoms with Crippen LogP contribution in [0.3, 0.4) is 0 Å². The SMILES string of the molecule is CCC(CC)(N(c1cccc2ncc(C)cc12)S(=O)(=O)c1cc(Cl)cc(Cl)c1)P(=O)(O)O. The van der Waals surface area contributed by atoms with E-state index in [1.165, 1.54) is 24.3 Å². The highest BCUT2D eigenvalue weighted by Gasteiger charge is 2.54. The average molecular weight is 517 g/mol. The summed E-state index contributed by atoms with van der Waals surface area (Å²) >= 11 is 12.1. The minimum atomic E-state index is -5.00. The number of rotatable bonds is 7. The van der Waals surface area contributed by atoms with Gasteiger partial charge in [0.15, 0.2) is 5.28 Å². The van der Waals surface area contributed by atoms with Crippen molar-refractivity contribution in [3.8, 4) is 0 Å². The fourth-order valence-corrected chi connectivity index (χ4v) is 8.19. The van der Waals surface area contributed by atoms with E-state index in [4.69, 9.17) is 23.2 Å². The molecule has 7 nitrogen and oxygen atoms in total. The normalized spacial score (nSPS) is 12.8. The van der Waals surface area contributed by atoms with Crippen LogP contribution < -0.4 is 4.31 Å². The van der Waals surface area contributed by atoms with Crippen LogP contribution in [0, 0.1) is 6.92 Å². The van der Waals surface area contributed by atoms with E-state index in [2.05, 4.69) is 4.98 Å². The number of aromatic nitrogens is 1. The van der Waals surface area contributed by atoms with E-state index >= 15 is 0 Å². The zero-order chi connectivity index (χ0) is 23.9. The van der Waals surface area contributed by atoms with Crippen LogP contribution in [0.1, 0.15) is 32.3 Å². The second-order valence-electron chi connectivity index (χ2n) is 7.46. The highest BCUT2D eigenvalue weighted by molar-refractivity contribution is 7.93. The predicted molar refractivity (Wildman–Crippen MR) is 128 cm³/mol. The number of benzene rings is 2. The molecule has 0 amide bonds. The summed E-state index contributed by atoms with van der Waals surface area (Å²) in [6, 6.07) is 10.4. The topological polar surface area (TPSA) is 108 Å². The summed E-state index contributed by atoms with van der Waals surface area (Å²) in [4.78, 5) is 25.0. The minimum absolute atomic E-state index is 0.0845. The maximum Gasteiger partial charge on any atom is 0.351 e. The molecule has 0 aliphatic carbocycles. The van der Waals surface area contributed by atoms with E-state index in [0.29, 0.717) is 10.9 Å². The third kappa shape index (κ3) is 4.28. The molecule has 32 heavy (non-hydrogen) atoms. The highest BCUT2D eigenvalue weighted by atomic mass is 35.5. The molecule has 2 N–H and O–H groups in total. The average Bonchev–Trinajstić information content (AvgIpc) is 2.70. The number of halogens is 2. The van der Waals surface area contributed by atoms with Gasteiger partial charge in [-0.15, -0.1) is 0 Å². The maximum atomic E-state index is 14.0. The number of nitrogens with zero attached hydrogens (tertiary/aromatic N) is 2. The number of hydrogen-bond acceptors (Lipinski definition) is 4. The Morgan fingerprint density at radius 3 is 2.19 bits per heavy atom. The summed E-state index contributed by atoms with van der Waals surface area (Å²) in [5.74, 6) is 0. The number of anilines is 1. The number of pyridine rings is 1. The van der Waals surface area contributed by atoms with E-state index in [9.17, 15) is 22.8 Å². The quantitative estimate of drug-likeness (QED) is 0.387. The third-order valence-corrected chi connectivity index (χ3v) is 9.83. The molecule has 3 rings (SSSR count). The number of hydrogen-bond donors (Lipinski definition) is 2. The van der Waals surface area contributed by atoms with E-state index in [0.717, 1.165) is 9.87 Å². The van der Waals surface area contributed by atoms with Crippen LogP contribution in [0.25, 0.3) is 10.9 Å². The summed E-state index contributed by atoms with van der Waals surface area (Å²) in [7, 11) is -9.52. The van der Waals surface area contributed by atoms with Crippen LogP contribution >= 0.6 is 30.8 Å². The molecule has 172 valence electrons. The molecule has 0 aliphatic heterocycles. The van der Waals surface area contributed by atoms with E-state index < -0.39 is 22.9 Å². The summed E-state index contributed by atoms with van der Waals surface area (Å²) in [5.41, 5.74) is 1.37. The van der Waals surface area contributed by atoms with Gasteiger partial charge in [-0.1, -0.05) is 43.1 Å². The lowest BCUT2D eigenvalue weighted by atomic mass is 10.1. The molecule has 0 fully saturated rings. The Bertz CT molecular complexity index is 1300. The molecule has 0 atom stereocenters. The number of aryl methyl sites for hydroxylation is 1. The van der Waals surface area contributed by atoms with Crippen molar-refractivity contribution in [1.29, 1.82) is 0 Å². The molecule has 0 saturated carbocycles. The van der Waals surface area contributed by atoms with E-state index in [1.807, 2.05) is 0 Å². The largest absolute Gasteiger partial charge is 0.351 e. The molecule has 0 aliphatic rings. The van der Waals surface area contributed by atoms with Gasteiger partial charge < -0.3 is 9.79 Å². The van der Waals surface area contributed by atoms with Gasteiger partial charge in [-0.2, -0.15) is 0 Å². The first kappa shape index (κ1) is 25.0. The third-order valence-electron chi connectivity index (χ3n) is 5.49. The molecule has 0 radical (unpaired) electrons. The first-order valence-electron chi connectivity index (χ1n) is 9.80. The molecular formula is C21H23Cl2N2O5PS. The summed E-state index contributed by atoms with van der Waals surface area (Å²) < 4.78 is 41.7. The van der Waals surface area contributed by atoms with Gasteiger partial charge in [0.1, 0.15) is 0 Å². The van der Waals surface area contributed by atoms with Crippen LogP contribution in [0.15, 0.2) is 53.6 Å². The Morgan fingerprint density at radius 2 is 1.66 bits per heavy atom. The fraction of sp³-hybridized carbons (Fsp3) is 0.286. The van der Waals surface area contributed by atoms with E-state index in [-0.39, 0.29) is 33.5 Å². The van der Waals surface area contributed by atoms with Gasteiger partial charge in [0.05, 0.1) is 16.1 Å². The van der Waals surface area contributed by atoms with Crippen LogP contribution in [-0.2, 0) is 14.6 Å². The molecule has 2 aromatic carbocycles. The molecule has 0 unspecified atom stereocenters. The Morgan fingerprint density at radius 1 is 1.06 bits per heavy atom. The van der Waals surface area contributed by atoms with Gasteiger partial charge in [-0.25, -0.2) is 12.7 Å². The standard InChI is InChI=1S/C21H23Cl2N2O5PS/c1-4-21(5-2,31(26,27)28)25(32(29,30)17-11-15(22)10-16(23)12-17)20-8-6-7-19-18(20)9-14(3)13-24-19/h6-13H,4-5H2,1-3H3,(H2,26,27,28). The maximum absolute atomic E-state index is 14.0. The van der Waals surface area contributed by atoms with Crippen molar-refractivity contribution in [1.82, 2.24) is 4.98 Å². The number of sulfonamides is 1. The van der Waals surface area contributed by atoms with Gasteiger partial charge in [0.2, 0.25) is 0 Å². The molecule has 0 spiro atoms. The van der Waals surface area contributed by atoms with Gasteiger partial charge in [0.25, 0.3) is 10.0 Å². The summed E-state index contributed by atoms with van der Waals surface area (Å²) in [6.45, 7) is 4.89. The number of fused-ring (bicyclic) bond motifs is 1. The van der Waals surface area contributed by atoms with Crippen LogP contribution in [0.2, 0.25) is 10.0 Å². The van der Waals surface area contributed by atoms with E-state index in [1.54, 1.807) is 45.2 Å². The second kappa shape index (κ2) is 8.93. The Labute approximate surface area is 197 Å². The van der Waals surface area contributed by atoms with Crippen molar-refractivity contribution in [3.63, 3.8) is 0 Å². The Balaban J connectivity index is 2.49. The second-order valence-corrected chi connectivity index (χ2v) is 12.0. The van der Waals surface area contributed by atoms with Crippen molar-refractivity contribution in [3.05, 3.63) is 64.3 Å². The fourth-order valence-electron chi connectivity index (χ4n) is 3.84. The molecule has 11 heteroatoms. The van der Waals surface area contributed by atoms with Gasteiger partial charge >= 0.3 is 7.60 Å². The van der Waals surface area contributed by atoms with Crippen LogP contribution in [0.5, 0.6) is 0 Å². The molecule has 1 aromatic heterocycles. The lowest BCUT2D eigenvalue weighted by Crippen LogP contribution is -2.51. The first-order valence-corrected chi connectivity index (χ1v) is 13.6. The molecular weight excluding hydrogens is 494 g/mol. The summed E-state index contributed by atoms with van der Waals surface area (Å²) in [5, 5.41) is -1.43. The van der Waals surface area contributed by atoms with Crippen molar-refractivity contribution >= 4 is 57.4 Å². The minimum Gasteiger partial charge on any atom is -0.323 e. The predicted octanol–water partition coefficient (Wildman–Crippen LogP) is 5.74. The van der Waals surface area contributed by atoms with Gasteiger partial charge in [-0.3, -0.25) is 9.55 Å². The van der Waals surface area contributed by atoms with Gasteiger partial charge in [0, 0.05) is 21.6 Å². The lowest BCUT2D eigenvalue weighted by molar-refractivity contribution is 0.317. The zero-order valence-corrected chi connectivity index (χ0v) is 20.9. The monoisotopic (exact) mass is 516 g/mol. The van der Waals surface area contributed by atoms with Crippen molar-refractivity contribution in [2.45, 2.75) is 43.8 Å². The summed E-state index contributed by atoms with van der Waals surface area (Å²) in [6.07, 6.45) is 1.35. The zero-order valence-electron chi connectivity index (χ0n) is 17.7. The van der Waals surface area contributed by atoms with Gasteiger partial charge in [-0.05, 0) is 61.7 Å². The van der Waals surface area contributed by atoms with Crippen molar-refractivity contribution in [2.24, 2.45) is 0 Å². The van der Waals surface area contributed by atoms with Crippen LogP contribution in [0.4, 0.5) is 5.69 Å². The molecule has 1 heterocycles. The Hall–Kier alpha value is -1.67. The smallest absolute Gasteiger partial charge is 0.323 e. The van der Waals surface area contributed by atoms with Crippen molar-refractivity contribution in [2.75, 3.05) is 4.31 Å². The molecule has 0 saturated heterocycles. The lowest BCUT2D eigenvalue weighted by Gasteiger charge is -2.43. The van der Waals surface area contributed by atoms with Crippen LogP contribution in [-0.4, -0.2) is 28.5 Å². The van der Waals surface area contributed by atoms with Crippen molar-refractivity contribution < 1.29 is 22.8 Å². The molecule has 0 bridgehead atoms. The molecule has 3 aromatic rings. The Kier molecular flexibility index (Phi) is 6.97. The highest BCUT2D eigenvalue weighted by Crippen LogP contribution is 2.59. The first-order chi connectivity index (χ1) is 14.9.